The van der Waals surface area contributed by atoms with Crippen molar-refractivity contribution in [1.82, 2.24) is 16.0 Å². The summed E-state index contributed by atoms with van der Waals surface area (Å²) in [6, 6.07) is 9.07. The van der Waals surface area contributed by atoms with Crippen LogP contribution in [0, 0.1) is 11.8 Å². The fourth-order valence-corrected chi connectivity index (χ4v) is 4.20. The number of alkyl carbamates (subject to hydrolysis) is 1. The van der Waals surface area contributed by atoms with Crippen molar-refractivity contribution < 1.29 is 37.4 Å². The minimum atomic E-state index is -5.08. The van der Waals surface area contributed by atoms with E-state index in [9.17, 15) is 22.8 Å². The number of carbonyl (C=O) groups is 3. The number of aliphatic carboxylic acids is 1. The van der Waals surface area contributed by atoms with Crippen molar-refractivity contribution in [3.63, 3.8) is 0 Å². The SMILES string of the molecule is O=C(N[C@H](C(=O)NCC1CCNCC1)C1CCCCC1)OCc1ccccc1.O=C(O)C(F)(F)F. The largest absolute Gasteiger partial charge is 0.490 e. The van der Waals surface area contributed by atoms with Crippen LogP contribution in [0.15, 0.2) is 30.3 Å². The van der Waals surface area contributed by atoms with Gasteiger partial charge in [0.2, 0.25) is 5.91 Å². The molecule has 0 bridgehead atoms. The number of carboxylic acids is 1. The van der Waals surface area contributed by atoms with Crippen LogP contribution in [0.4, 0.5) is 18.0 Å². The van der Waals surface area contributed by atoms with Gasteiger partial charge in [0, 0.05) is 6.54 Å². The van der Waals surface area contributed by atoms with Crippen LogP contribution in [0.3, 0.4) is 0 Å². The van der Waals surface area contributed by atoms with E-state index in [0.29, 0.717) is 12.5 Å². The monoisotopic (exact) mass is 501 g/mol. The van der Waals surface area contributed by atoms with E-state index in [0.717, 1.165) is 57.2 Å². The van der Waals surface area contributed by atoms with E-state index in [1.54, 1.807) is 0 Å². The van der Waals surface area contributed by atoms with E-state index in [1.807, 2.05) is 30.3 Å². The Kier molecular flexibility index (Phi) is 11.8. The topological polar surface area (TPSA) is 117 Å². The smallest absolute Gasteiger partial charge is 0.475 e. The van der Waals surface area contributed by atoms with Crippen LogP contribution in [-0.4, -0.2) is 54.9 Å². The molecule has 1 aromatic carbocycles. The van der Waals surface area contributed by atoms with Gasteiger partial charge in [0.05, 0.1) is 0 Å². The van der Waals surface area contributed by atoms with Gasteiger partial charge in [0.1, 0.15) is 12.6 Å². The molecular formula is C24H34F3N3O5. The van der Waals surface area contributed by atoms with Gasteiger partial charge in [-0.15, -0.1) is 0 Å². The zero-order valence-corrected chi connectivity index (χ0v) is 19.6. The fraction of sp³-hybridized carbons (Fsp3) is 0.625. The summed E-state index contributed by atoms with van der Waals surface area (Å²) in [6.07, 6.45) is 1.96. The highest BCUT2D eigenvalue weighted by Crippen LogP contribution is 2.27. The lowest BCUT2D eigenvalue weighted by Gasteiger charge is -2.30. The van der Waals surface area contributed by atoms with Crippen molar-refractivity contribution in [3.05, 3.63) is 35.9 Å². The number of carbonyl (C=O) groups excluding carboxylic acids is 2. The average Bonchev–Trinajstić information content (AvgIpc) is 2.86. The lowest BCUT2D eigenvalue weighted by atomic mass is 9.83. The standard InChI is InChI=1S/C22H33N3O3.C2HF3O2/c26-21(24-15-17-11-13-23-14-12-17)20(19-9-5-2-6-10-19)25-22(27)28-16-18-7-3-1-4-8-18;3-2(4,5)1(6)7/h1,3-4,7-8,17,19-20,23H,2,5-6,9-16H2,(H,24,26)(H,25,27);(H,6,7)/t20-;/m0./s1. The van der Waals surface area contributed by atoms with E-state index < -0.39 is 24.3 Å². The van der Waals surface area contributed by atoms with Gasteiger partial charge in [-0.05, 0) is 56.2 Å². The van der Waals surface area contributed by atoms with Gasteiger partial charge in [-0.2, -0.15) is 13.2 Å². The number of ether oxygens (including phenoxy) is 1. The Labute approximate surface area is 203 Å². The van der Waals surface area contributed by atoms with Crippen molar-refractivity contribution >= 4 is 18.0 Å². The first-order chi connectivity index (χ1) is 16.7. The summed E-state index contributed by atoms with van der Waals surface area (Å²) < 4.78 is 37.1. The molecule has 8 nitrogen and oxygen atoms in total. The fourth-order valence-electron chi connectivity index (χ4n) is 4.20. The zero-order valence-electron chi connectivity index (χ0n) is 19.6. The number of hydrogen-bond donors (Lipinski definition) is 4. The number of amides is 2. The maximum absolute atomic E-state index is 12.9. The Balaban J connectivity index is 0.000000540. The summed E-state index contributed by atoms with van der Waals surface area (Å²) in [5, 5.41) is 16.4. The highest BCUT2D eigenvalue weighted by atomic mass is 19.4. The number of carboxylic acid groups (broad SMARTS) is 1. The first-order valence-electron chi connectivity index (χ1n) is 11.9. The van der Waals surface area contributed by atoms with Crippen LogP contribution >= 0.6 is 0 Å². The molecule has 1 heterocycles. The second-order valence-corrected chi connectivity index (χ2v) is 8.82. The number of piperidine rings is 1. The number of alkyl halides is 3. The van der Waals surface area contributed by atoms with Crippen molar-refractivity contribution in [2.75, 3.05) is 19.6 Å². The van der Waals surface area contributed by atoms with E-state index in [2.05, 4.69) is 16.0 Å². The second kappa shape index (κ2) is 14.6. The third-order valence-electron chi connectivity index (χ3n) is 6.16. The van der Waals surface area contributed by atoms with Crippen molar-refractivity contribution in [3.8, 4) is 0 Å². The second-order valence-electron chi connectivity index (χ2n) is 8.82. The molecule has 1 atom stereocenters. The van der Waals surface area contributed by atoms with Crippen LogP contribution < -0.4 is 16.0 Å². The van der Waals surface area contributed by atoms with Gasteiger partial charge in [-0.1, -0.05) is 49.6 Å². The van der Waals surface area contributed by atoms with Gasteiger partial charge >= 0.3 is 18.2 Å². The predicted molar refractivity (Wildman–Crippen MR) is 122 cm³/mol. The molecule has 11 heteroatoms. The van der Waals surface area contributed by atoms with Gasteiger partial charge in [0.15, 0.2) is 0 Å². The lowest BCUT2D eigenvalue weighted by molar-refractivity contribution is -0.192. The number of hydrogen-bond acceptors (Lipinski definition) is 5. The van der Waals surface area contributed by atoms with Crippen LogP contribution in [-0.2, 0) is 20.9 Å². The third-order valence-corrected chi connectivity index (χ3v) is 6.16. The van der Waals surface area contributed by atoms with Crippen molar-refractivity contribution in [2.24, 2.45) is 11.8 Å². The minimum absolute atomic E-state index is 0.0675. The lowest BCUT2D eigenvalue weighted by Crippen LogP contribution is -2.52. The van der Waals surface area contributed by atoms with Crippen LogP contribution in [0.5, 0.6) is 0 Å². The molecule has 1 aliphatic heterocycles. The molecule has 0 spiro atoms. The van der Waals surface area contributed by atoms with Gasteiger partial charge in [0.25, 0.3) is 0 Å². The molecule has 3 rings (SSSR count). The molecule has 196 valence electrons. The first kappa shape index (κ1) is 28.4. The molecular weight excluding hydrogens is 467 g/mol. The molecule has 0 radical (unpaired) electrons. The molecule has 1 saturated heterocycles. The van der Waals surface area contributed by atoms with E-state index >= 15 is 0 Å². The predicted octanol–water partition coefficient (Wildman–Crippen LogP) is 3.61. The number of halogens is 3. The van der Waals surface area contributed by atoms with Gasteiger partial charge in [-0.3, -0.25) is 4.79 Å². The molecule has 35 heavy (non-hydrogen) atoms. The van der Waals surface area contributed by atoms with Crippen LogP contribution in [0.25, 0.3) is 0 Å². The summed E-state index contributed by atoms with van der Waals surface area (Å²) in [5.74, 6) is -2.12. The maximum atomic E-state index is 12.9. The zero-order chi connectivity index (χ0) is 25.7. The molecule has 2 aliphatic rings. The summed E-state index contributed by atoms with van der Waals surface area (Å²) in [6.45, 7) is 2.92. The Hall–Kier alpha value is -2.82. The third kappa shape index (κ3) is 11.0. The Morgan fingerprint density at radius 1 is 1.03 bits per heavy atom. The molecule has 2 amide bonds. The molecule has 0 aromatic heterocycles. The molecule has 1 aliphatic carbocycles. The number of nitrogens with one attached hydrogen (secondary N) is 3. The molecule has 4 N–H and O–H groups in total. The van der Waals surface area contributed by atoms with E-state index in [1.165, 1.54) is 6.42 Å². The van der Waals surface area contributed by atoms with Crippen molar-refractivity contribution in [2.45, 2.75) is 63.8 Å². The van der Waals surface area contributed by atoms with Crippen molar-refractivity contribution in [1.29, 1.82) is 0 Å². The first-order valence-corrected chi connectivity index (χ1v) is 11.9. The highest BCUT2D eigenvalue weighted by molar-refractivity contribution is 5.86. The molecule has 0 unspecified atom stereocenters. The van der Waals surface area contributed by atoms with Crippen LogP contribution in [0.2, 0.25) is 0 Å². The maximum Gasteiger partial charge on any atom is 0.490 e. The van der Waals surface area contributed by atoms with Gasteiger partial charge < -0.3 is 25.8 Å². The highest BCUT2D eigenvalue weighted by Gasteiger charge is 2.38. The molecule has 2 fully saturated rings. The number of benzene rings is 1. The Bertz CT molecular complexity index is 795. The van der Waals surface area contributed by atoms with Gasteiger partial charge in [-0.25, -0.2) is 9.59 Å². The summed E-state index contributed by atoms with van der Waals surface area (Å²) in [7, 11) is 0. The summed E-state index contributed by atoms with van der Waals surface area (Å²) in [4.78, 5) is 34.2. The van der Waals surface area contributed by atoms with E-state index in [4.69, 9.17) is 14.6 Å². The quantitative estimate of drug-likeness (QED) is 0.454. The molecule has 1 aromatic rings. The number of rotatable bonds is 7. The summed E-state index contributed by atoms with van der Waals surface area (Å²) >= 11 is 0. The Morgan fingerprint density at radius 2 is 1.63 bits per heavy atom. The summed E-state index contributed by atoms with van der Waals surface area (Å²) in [5.41, 5.74) is 0.933. The normalized spacial score (nSPS) is 17.9. The Morgan fingerprint density at radius 3 is 2.20 bits per heavy atom. The minimum Gasteiger partial charge on any atom is -0.475 e. The average molecular weight is 502 g/mol. The van der Waals surface area contributed by atoms with E-state index in [-0.39, 0.29) is 18.4 Å². The van der Waals surface area contributed by atoms with Crippen LogP contribution in [0.1, 0.15) is 50.5 Å². The molecule has 1 saturated carbocycles.